The van der Waals surface area contributed by atoms with E-state index in [9.17, 15) is 0 Å². The lowest BCUT2D eigenvalue weighted by molar-refractivity contribution is 0.0933. The number of nitrogens with zero attached hydrogens (tertiary/aromatic N) is 3. The van der Waals surface area contributed by atoms with E-state index in [1.807, 2.05) is 0 Å². The molecule has 0 amide bonds. The van der Waals surface area contributed by atoms with E-state index in [-0.39, 0.29) is 5.54 Å². The number of hydrogen-bond acceptors (Lipinski definition) is 4. The van der Waals surface area contributed by atoms with Crippen LogP contribution in [-0.4, -0.2) is 79.1 Å². The lowest BCUT2D eigenvalue weighted by Gasteiger charge is -2.41. The molecule has 0 bridgehead atoms. The number of nitrogens with two attached hydrogens (primary N) is 1. The van der Waals surface area contributed by atoms with E-state index < -0.39 is 0 Å². The molecule has 2 fully saturated rings. The summed E-state index contributed by atoms with van der Waals surface area (Å²) < 4.78 is 0. The monoisotopic (exact) mass is 282 g/mol. The minimum absolute atomic E-state index is 0.270. The van der Waals surface area contributed by atoms with Crippen molar-refractivity contribution in [2.45, 2.75) is 51.1 Å². The van der Waals surface area contributed by atoms with Gasteiger partial charge in [0.05, 0.1) is 0 Å². The van der Waals surface area contributed by atoms with Crippen LogP contribution in [0.15, 0.2) is 0 Å². The first-order valence-corrected chi connectivity index (χ1v) is 8.53. The molecule has 2 saturated heterocycles. The molecule has 2 N–H and O–H groups in total. The number of likely N-dealkylation sites (N-methyl/N-ethyl adjacent to an activating group) is 1. The second-order valence-electron chi connectivity index (χ2n) is 6.70. The predicted molar refractivity (Wildman–Crippen MR) is 86.0 cm³/mol. The normalized spacial score (nSPS) is 33.8. The fourth-order valence-electron chi connectivity index (χ4n) is 4.17. The summed E-state index contributed by atoms with van der Waals surface area (Å²) in [5, 5.41) is 0. The molecular formula is C16H34N4. The molecular weight excluding hydrogens is 248 g/mol. The van der Waals surface area contributed by atoms with Crippen LogP contribution in [0.25, 0.3) is 0 Å². The Balaban J connectivity index is 2.01. The van der Waals surface area contributed by atoms with Crippen molar-refractivity contribution in [3.63, 3.8) is 0 Å². The molecule has 2 atom stereocenters. The van der Waals surface area contributed by atoms with Crippen molar-refractivity contribution in [1.29, 1.82) is 0 Å². The fourth-order valence-corrected chi connectivity index (χ4v) is 4.17. The molecule has 0 aromatic carbocycles. The third-order valence-electron chi connectivity index (χ3n) is 5.68. The molecule has 0 spiro atoms. The van der Waals surface area contributed by atoms with Gasteiger partial charge < -0.3 is 10.6 Å². The lowest BCUT2D eigenvalue weighted by atomic mass is 9.88. The van der Waals surface area contributed by atoms with Crippen LogP contribution >= 0.6 is 0 Å². The van der Waals surface area contributed by atoms with Crippen LogP contribution in [0, 0.1) is 0 Å². The average Bonchev–Trinajstić information content (AvgIpc) is 2.86. The van der Waals surface area contributed by atoms with E-state index in [0.29, 0.717) is 0 Å². The summed E-state index contributed by atoms with van der Waals surface area (Å²) in [6.07, 6.45) is 5.13. The Hall–Kier alpha value is -0.160. The van der Waals surface area contributed by atoms with Crippen LogP contribution in [0.4, 0.5) is 0 Å². The summed E-state index contributed by atoms with van der Waals surface area (Å²) in [6.45, 7) is 12.6. The van der Waals surface area contributed by atoms with Crippen molar-refractivity contribution in [2.75, 3.05) is 52.9 Å². The molecule has 4 nitrogen and oxygen atoms in total. The smallest absolute Gasteiger partial charge is 0.0345 e. The minimum atomic E-state index is 0.270. The average molecular weight is 282 g/mol. The molecule has 2 unspecified atom stereocenters. The SMILES string of the molecule is CCN(CC)C1CCN(C2(CN)CCCN(C)CC2)C1. The lowest BCUT2D eigenvalue weighted by Crippen LogP contribution is -2.54. The van der Waals surface area contributed by atoms with Crippen LogP contribution < -0.4 is 5.73 Å². The first-order chi connectivity index (χ1) is 9.65. The fraction of sp³-hybridized carbons (Fsp3) is 1.00. The summed E-state index contributed by atoms with van der Waals surface area (Å²) in [4.78, 5) is 7.82. The molecule has 20 heavy (non-hydrogen) atoms. The zero-order valence-corrected chi connectivity index (χ0v) is 13.8. The van der Waals surface area contributed by atoms with E-state index in [1.165, 1.54) is 65.0 Å². The summed E-state index contributed by atoms with van der Waals surface area (Å²) >= 11 is 0. The second kappa shape index (κ2) is 7.21. The van der Waals surface area contributed by atoms with E-state index in [2.05, 4.69) is 35.6 Å². The van der Waals surface area contributed by atoms with Crippen LogP contribution in [0.1, 0.15) is 39.5 Å². The Kier molecular flexibility index (Phi) is 5.84. The standard InChI is InChI=1S/C16H34N4/c1-4-19(5-2)15-7-11-20(13-15)16(14-17)8-6-10-18(3)12-9-16/h15H,4-14,17H2,1-3H3. The van der Waals surface area contributed by atoms with Gasteiger partial charge in [-0.1, -0.05) is 13.8 Å². The van der Waals surface area contributed by atoms with E-state index in [0.717, 1.165) is 12.6 Å². The van der Waals surface area contributed by atoms with Gasteiger partial charge in [0.2, 0.25) is 0 Å². The van der Waals surface area contributed by atoms with Gasteiger partial charge in [0, 0.05) is 31.2 Å². The summed E-state index contributed by atoms with van der Waals surface area (Å²) in [5.41, 5.74) is 6.52. The molecule has 0 saturated carbocycles. The molecule has 2 aliphatic rings. The zero-order valence-electron chi connectivity index (χ0n) is 13.8. The molecule has 0 aromatic heterocycles. The maximum atomic E-state index is 6.25. The van der Waals surface area contributed by atoms with Crippen molar-refractivity contribution in [3.05, 3.63) is 0 Å². The Morgan fingerprint density at radius 3 is 2.55 bits per heavy atom. The molecule has 0 aromatic rings. The van der Waals surface area contributed by atoms with Crippen molar-refractivity contribution >= 4 is 0 Å². The maximum Gasteiger partial charge on any atom is 0.0345 e. The highest BCUT2D eigenvalue weighted by atomic mass is 15.3. The molecule has 0 radical (unpaired) electrons. The van der Waals surface area contributed by atoms with Gasteiger partial charge in [0.1, 0.15) is 0 Å². The van der Waals surface area contributed by atoms with Crippen LogP contribution in [0.2, 0.25) is 0 Å². The topological polar surface area (TPSA) is 35.7 Å². The largest absolute Gasteiger partial charge is 0.329 e. The van der Waals surface area contributed by atoms with Gasteiger partial charge in [-0.25, -0.2) is 0 Å². The van der Waals surface area contributed by atoms with Crippen molar-refractivity contribution < 1.29 is 0 Å². The molecule has 2 rings (SSSR count). The van der Waals surface area contributed by atoms with Crippen molar-refractivity contribution in [1.82, 2.24) is 14.7 Å². The molecule has 2 aliphatic heterocycles. The van der Waals surface area contributed by atoms with Gasteiger partial charge in [-0.2, -0.15) is 0 Å². The highest BCUT2D eigenvalue weighted by Crippen LogP contribution is 2.32. The van der Waals surface area contributed by atoms with E-state index in [1.54, 1.807) is 0 Å². The Labute approximate surface area is 125 Å². The number of rotatable bonds is 5. The van der Waals surface area contributed by atoms with Gasteiger partial charge in [-0.15, -0.1) is 0 Å². The van der Waals surface area contributed by atoms with Crippen molar-refractivity contribution in [2.24, 2.45) is 5.73 Å². The van der Waals surface area contributed by atoms with Crippen LogP contribution in [0.5, 0.6) is 0 Å². The summed E-state index contributed by atoms with van der Waals surface area (Å²) in [5.74, 6) is 0. The van der Waals surface area contributed by atoms with Gasteiger partial charge in [-0.05, 0) is 58.9 Å². The first-order valence-electron chi connectivity index (χ1n) is 8.53. The van der Waals surface area contributed by atoms with Gasteiger partial charge in [0.15, 0.2) is 0 Å². The highest BCUT2D eigenvalue weighted by Gasteiger charge is 2.41. The van der Waals surface area contributed by atoms with E-state index >= 15 is 0 Å². The molecule has 0 aliphatic carbocycles. The van der Waals surface area contributed by atoms with Crippen molar-refractivity contribution in [3.8, 4) is 0 Å². The molecule has 118 valence electrons. The molecule has 2 heterocycles. The molecule has 4 heteroatoms. The highest BCUT2D eigenvalue weighted by molar-refractivity contribution is 4.99. The number of likely N-dealkylation sites (tertiary alicyclic amines) is 2. The zero-order chi connectivity index (χ0) is 14.6. The van der Waals surface area contributed by atoms with Crippen LogP contribution in [-0.2, 0) is 0 Å². The Morgan fingerprint density at radius 2 is 1.90 bits per heavy atom. The maximum absolute atomic E-state index is 6.25. The Bertz CT molecular complexity index is 292. The summed E-state index contributed by atoms with van der Waals surface area (Å²) in [6, 6.07) is 0.745. The number of hydrogen-bond donors (Lipinski definition) is 1. The third kappa shape index (κ3) is 3.35. The first kappa shape index (κ1) is 16.2. The predicted octanol–water partition coefficient (Wildman–Crippen LogP) is 1.22. The summed E-state index contributed by atoms with van der Waals surface area (Å²) in [7, 11) is 2.25. The third-order valence-corrected chi connectivity index (χ3v) is 5.68. The second-order valence-corrected chi connectivity index (χ2v) is 6.70. The minimum Gasteiger partial charge on any atom is -0.329 e. The van der Waals surface area contributed by atoms with Gasteiger partial charge >= 0.3 is 0 Å². The Morgan fingerprint density at radius 1 is 1.15 bits per heavy atom. The van der Waals surface area contributed by atoms with E-state index in [4.69, 9.17) is 5.73 Å². The quantitative estimate of drug-likeness (QED) is 0.822. The van der Waals surface area contributed by atoms with Gasteiger partial charge in [0.25, 0.3) is 0 Å². The van der Waals surface area contributed by atoms with Gasteiger partial charge in [-0.3, -0.25) is 9.80 Å². The van der Waals surface area contributed by atoms with Crippen LogP contribution in [0.3, 0.4) is 0 Å².